The van der Waals surface area contributed by atoms with Gasteiger partial charge in [-0.3, -0.25) is 9.59 Å². The Labute approximate surface area is 199 Å². The molecule has 0 radical (unpaired) electrons. The molecular formula is C25H29N7O2. The van der Waals surface area contributed by atoms with E-state index in [1.165, 1.54) is 0 Å². The molecule has 1 unspecified atom stereocenters. The Morgan fingerprint density at radius 1 is 1.21 bits per heavy atom. The van der Waals surface area contributed by atoms with E-state index in [4.69, 9.17) is 9.98 Å². The normalized spacial score (nSPS) is 19.9. The van der Waals surface area contributed by atoms with Crippen LogP contribution in [0.2, 0.25) is 0 Å². The summed E-state index contributed by atoms with van der Waals surface area (Å²) in [6, 6.07) is 12.7. The number of para-hydroxylation sites is 1. The second kappa shape index (κ2) is 10.7. The van der Waals surface area contributed by atoms with Crippen molar-refractivity contribution in [2.24, 2.45) is 15.9 Å². The van der Waals surface area contributed by atoms with E-state index in [2.05, 4.69) is 27.9 Å². The summed E-state index contributed by atoms with van der Waals surface area (Å²) in [7, 11) is 0. The molecule has 3 N–H and O–H groups in total. The molecule has 0 saturated carbocycles. The molecule has 2 aliphatic rings. The van der Waals surface area contributed by atoms with Crippen molar-refractivity contribution >= 4 is 35.0 Å². The van der Waals surface area contributed by atoms with Crippen LogP contribution in [0.1, 0.15) is 37.0 Å². The first-order valence-corrected chi connectivity index (χ1v) is 11.5. The van der Waals surface area contributed by atoms with Crippen molar-refractivity contribution in [1.29, 1.82) is 0 Å². The van der Waals surface area contributed by atoms with Crippen LogP contribution in [0.4, 0.5) is 11.5 Å². The molecule has 1 saturated heterocycles. The van der Waals surface area contributed by atoms with Crippen molar-refractivity contribution in [3.05, 3.63) is 66.1 Å². The molecule has 2 aromatic rings. The highest BCUT2D eigenvalue weighted by Gasteiger charge is 2.23. The maximum atomic E-state index is 12.7. The van der Waals surface area contributed by atoms with Crippen molar-refractivity contribution in [3.63, 3.8) is 0 Å². The van der Waals surface area contributed by atoms with Gasteiger partial charge in [0.2, 0.25) is 5.91 Å². The molecule has 1 atom stereocenters. The molecule has 3 heterocycles. The van der Waals surface area contributed by atoms with Crippen LogP contribution in [0, 0.1) is 5.92 Å². The Hall–Kier alpha value is -4.01. The molecule has 2 amide bonds. The number of anilines is 2. The average Bonchev–Trinajstić information content (AvgIpc) is 2.84. The van der Waals surface area contributed by atoms with Crippen LogP contribution in [-0.2, 0) is 4.79 Å². The lowest BCUT2D eigenvalue weighted by molar-refractivity contribution is -0.122. The number of amides is 2. The summed E-state index contributed by atoms with van der Waals surface area (Å²) in [5.41, 5.74) is 1.23. The number of rotatable bonds is 3. The van der Waals surface area contributed by atoms with Gasteiger partial charge in [-0.05, 0) is 43.7 Å². The van der Waals surface area contributed by atoms with Gasteiger partial charge < -0.3 is 20.9 Å². The molecule has 4 rings (SSSR count). The molecular weight excluding hydrogens is 430 g/mol. The molecule has 0 spiro atoms. The fraction of sp³-hybridized carbons (Fsp3) is 0.320. The zero-order valence-corrected chi connectivity index (χ0v) is 19.4. The zero-order valence-electron chi connectivity index (χ0n) is 19.4. The van der Waals surface area contributed by atoms with Crippen LogP contribution < -0.4 is 16.0 Å². The molecule has 34 heavy (non-hydrogen) atoms. The smallest absolute Gasteiger partial charge is 0.255 e. The number of amidine groups is 2. The monoisotopic (exact) mass is 459 g/mol. The first-order chi connectivity index (χ1) is 16.5. The molecule has 1 aromatic heterocycles. The van der Waals surface area contributed by atoms with Gasteiger partial charge in [-0.25, -0.2) is 15.0 Å². The molecule has 9 heteroatoms. The third-order valence-corrected chi connectivity index (χ3v) is 5.72. The van der Waals surface area contributed by atoms with Gasteiger partial charge in [0.25, 0.3) is 5.91 Å². The highest BCUT2D eigenvalue weighted by molar-refractivity contribution is 6.05. The van der Waals surface area contributed by atoms with Crippen LogP contribution in [0.15, 0.2) is 70.5 Å². The van der Waals surface area contributed by atoms with Gasteiger partial charge in [0.15, 0.2) is 5.82 Å². The number of piperazine rings is 1. The van der Waals surface area contributed by atoms with E-state index in [0.717, 1.165) is 36.7 Å². The second-order valence-electron chi connectivity index (χ2n) is 8.26. The van der Waals surface area contributed by atoms with Gasteiger partial charge in [0.1, 0.15) is 17.5 Å². The summed E-state index contributed by atoms with van der Waals surface area (Å²) >= 11 is 0. The number of benzene rings is 1. The topological polar surface area (TPSA) is 111 Å². The molecule has 1 fully saturated rings. The number of aromatic nitrogens is 1. The van der Waals surface area contributed by atoms with Crippen LogP contribution in [0.3, 0.4) is 0 Å². The summed E-state index contributed by atoms with van der Waals surface area (Å²) in [6.45, 7) is 5.66. The van der Waals surface area contributed by atoms with Crippen LogP contribution >= 0.6 is 0 Å². The van der Waals surface area contributed by atoms with Crippen LogP contribution in [0.5, 0.6) is 0 Å². The van der Waals surface area contributed by atoms with Gasteiger partial charge in [0, 0.05) is 42.9 Å². The maximum Gasteiger partial charge on any atom is 0.255 e. The zero-order chi connectivity index (χ0) is 23.9. The Morgan fingerprint density at radius 2 is 2.03 bits per heavy atom. The van der Waals surface area contributed by atoms with Gasteiger partial charge in [-0.1, -0.05) is 25.1 Å². The first-order valence-electron chi connectivity index (χ1n) is 11.5. The van der Waals surface area contributed by atoms with E-state index < -0.39 is 0 Å². The number of hydrogen-bond donors (Lipinski definition) is 3. The number of nitrogens with zero attached hydrogens (tertiary/aromatic N) is 4. The number of carbonyl (C=O) groups is 2. The Morgan fingerprint density at radius 3 is 2.79 bits per heavy atom. The summed E-state index contributed by atoms with van der Waals surface area (Å²) in [5, 5.41) is 9.03. The van der Waals surface area contributed by atoms with E-state index in [1.54, 1.807) is 18.3 Å². The highest BCUT2D eigenvalue weighted by Crippen LogP contribution is 2.20. The van der Waals surface area contributed by atoms with Crippen molar-refractivity contribution in [2.45, 2.75) is 26.7 Å². The lowest BCUT2D eigenvalue weighted by Crippen LogP contribution is -2.50. The molecule has 2 aliphatic heterocycles. The molecule has 0 bridgehead atoms. The van der Waals surface area contributed by atoms with Gasteiger partial charge in [-0.15, -0.1) is 0 Å². The largest absolute Gasteiger partial charge is 0.353 e. The fourth-order valence-electron chi connectivity index (χ4n) is 3.79. The minimum atomic E-state index is -0.210. The van der Waals surface area contributed by atoms with Crippen molar-refractivity contribution in [1.82, 2.24) is 15.2 Å². The predicted octanol–water partition coefficient (Wildman–Crippen LogP) is 3.27. The number of aliphatic imine (C=N–C) groups is 2. The predicted molar refractivity (Wildman–Crippen MR) is 134 cm³/mol. The van der Waals surface area contributed by atoms with Crippen LogP contribution in [-0.4, -0.2) is 53.0 Å². The summed E-state index contributed by atoms with van der Waals surface area (Å²) in [6.07, 6.45) is 5.00. The lowest BCUT2D eigenvalue weighted by atomic mass is 10.0. The van der Waals surface area contributed by atoms with E-state index in [0.29, 0.717) is 30.3 Å². The number of hydrogen-bond acceptors (Lipinski definition) is 7. The Balaban J connectivity index is 1.51. The number of pyridine rings is 1. The maximum absolute atomic E-state index is 12.7. The van der Waals surface area contributed by atoms with Gasteiger partial charge in [0.05, 0.1) is 6.54 Å². The van der Waals surface area contributed by atoms with E-state index in [1.807, 2.05) is 48.2 Å². The van der Waals surface area contributed by atoms with Gasteiger partial charge >= 0.3 is 0 Å². The minimum Gasteiger partial charge on any atom is -0.353 e. The number of carbonyl (C=O) groups excluding carboxylic acids is 2. The molecule has 9 nitrogen and oxygen atoms in total. The first kappa shape index (κ1) is 23.2. The summed E-state index contributed by atoms with van der Waals surface area (Å²) in [5.74, 6) is 2.64. The van der Waals surface area contributed by atoms with E-state index >= 15 is 0 Å². The Kier molecular flexibility index (Phi) is 7.31. The number of nitrogens with one attached hydrogen (secondary N) is 3. The number of allylic oxidation sites excluding steroid dienone is 1. The minimum absolute atomic E-state index is 0.0131. The molecule has 0 aliphatic carbocycles. The second-order valence-corrected chi connectivity index (χ2v) is 8.26. The quantitative estimate of drug-likeness (QED) is 0.652. The standard InChI is InChI=1S/C25H29N7O2/c1-3-20-29-22(32-14-13-27-23(33)16-32)10-9-17(2)24(30-20)31-21-15-18(11-12-26-21)25(34)28-19-7-5-4-6-8-19/h3-8,11-12,15,17H,9-10,13-14,16H2,1-2H3,(H,27,33)(H,28,34)(H,26,30,31)/b20-3+,29-22?. The highest BCUT2D eigenvalue weighted by atomic mass is 16.2. The summed E-state index contributed by atoms with van der Waals surface area (Å²) in [4.78, 5) is 40.4. The Bertz CT molecular complexity index is 1140. The average molecular weight is 460 g/mol. The summed E-state index contributed by atoms with van der Waals surface area (Å²) < 4.78 is 0. The van der Waals surface area contributed by atoms with Crippen molar-refractivity contribution in [2.75, 3.05) is 30.3 Å². The van der Waals surface area contributed by atoms with Crippen molar-refractivity contribution < 1.29 is 9.59 Å². The van der Waals surface area contributed by atoms with E-state index in [9.17, 15) is 9.59 Å². The SMILES string of the molecule is C/C=C1/N=C(Nc2cc(C(=O)Nc3ccccc3)ccn2)C(C)CCC(N2CCNC(=O)C2)=N1. The van der Waals surface area contributed by atoms with Crippen molar-refractivity contribution in [3.8, 4) is 0 Å². The van der Waals surface area contributed by atoms with Crippen LogP contribution in [0.25, 0.3) is 0 Å². The fourth-order valence-corrected chi connectivity index (χ4v) is 3.79. The lowest BCUT2D eigenvalue weighted by Gasteiger charge is -2.31. The van der Waals surface area contributed by atoms with Gasteiger partial charge in [-0.2, -0.15) is 0 Å². The third-order valence-electron chi connectivity index (χ3n) is 5.72. The molecule has 1 aromatic carbocycles. The van der Waals surface area contributed by atoms with E-state index in [-0.39, 0.29) is 17.7 Å². The third kappa shape index (κ3) is 5.86. The molecule has 176 valence electrons.